The molecule has 1 saturated heterocycles. The van der Waals surface area contributed by atoms with Gasteiger partial charge in [0.15, 0.2) is 0 Å². The van der Waals surface area contributed by atoms with Crippen LogP contribution in [0.2, 0.25) is 0 Å². The molecule has 1 aromatic carbocycles. The highest BCUT2D eigenvalue weighted by molar-refractivity contribution is 5.74. The number of nitrogens with one attached hydrogen (secondary N) is 2. The summed E-state index contributed by atoms with van der Waals surface area (Å²) in [4.78, 5) is 14.3. The summed E-state index contributed by atoms with van der Waals surface area (Å²) >= 11 is 0. The Kier molecular flexibility index (Phi) is 5.35. The predicted molar refractivity (Wildman–Crippen MR) is 87.7 cm³/mol. The van der Waals surface area contributed by atoms with E-state index in [0.717, 1.165) is 50.5 Å². The van der Waals surface area contributed by atoms with Gasteiger partial charge in [-0.25, -0.2) is 4.79 Å². The molecular weight excluding hydrogens is 294 g/mol. The fourth-order valence-electron chi connectivity index (χ4n) is 2.85. The average Bonchev–Trinajstić information content (AvgIpc) is 3.40. The largest absolute Gasteiger partial charge is 0.497 e. The predicted octanol–water partition coefficient (Wildman–Crippen LogP) is 1.53. The molecule has 1 aliphatic carbocycles. The van der Waals surface area contributed by atoms with Crippen LogP contribution in [0, 0.1) is 0 Å². The molecule has 2 N–H and O–H groups in total. The van der Waals surface area contributed by atoms with Crippen molar-refractivity contribution in [2.24, 2.45) is 0 Å². The van der Waals surface area contributed by atoms with E-state index in [1.165, 1.54) is 0 Å². The molecule has 0 radical (unpaired) electrons. The van der Waals surface area contributed by atoms with Gasteiger partial charge in [-0.3, -0.25) is 4.90 Å². The van der Waals surface area contributed by atoms with E-state index in [4.69, 9.17) is 9.47 Å². The number of amides is 2. The van der Waals surface area contributed by atoms with E-state index >= 15 is 0 Å². The lowest BCUT2D eigenvalue weighted by molar-refractivity contribution is 0.0166. The Morgan fingerprint density at radius 2 is 2.17 bits per heavy atom. The fraction of sp³-hybridized carbons (Fsp3) is 0.588. The maximum Gasteiger partial charge on any atom is 0.315 e. The van der Waals surface area contributed by atoms with Crippen molar-refractivity contribution in [3.8, 4) is 5.75 Å². The van der Waals surface area contributed by atoms with Crippen molar-refractivity contribution in [2.45, 2.75) is 24.9 Å². The van der Waals surface area contributed by atoms with E-state index < -0.39 is 0 Å². The SMILES string of the molecule is COc1cccc([C@@H](CNC(=O)NC2CC2)N2CCOCC2)c1. The highest BCUT2D eigenvalue weighted by Gasteiger charge is 2.26. The lowest BCUT2D eigenvalue weighted by Crippen LogP contribution is -2.46. The van der Waals surface area contributed by atoms with Gasteiger partial charge < -0.3 is 20.1 Å². The van der Waals surface area contributed by atoms with E-state index in [1.807, 2.05) is 18.2 Å². The number of rotatable bonds is 6. The molecule has 0 unspecified atom stereocenters. The molecule has 1 heterocycles. The zero-order chi connectivity index (χ0) is 16.1. The van der Waals surface area contributed by atoms with Crippen LogP contribution < -0.4 is 15.4 Å². The number of hydrogen-bond acceptors (Lipinski definition) is 4. The molecule has 6 heteroatoms. The summed E-state index contributed by atoms with van der Waals surface area (Å²) in [5.41, 5.74) is 1.15. The lowest BCUT2D eigenvalue weighted by atomic mass is 10.0. The first-order chi connectivity index (χ1) is 11.3. The Hall–Kier alpha value is -1.79. The Bertz CT molecular complexity index is 528. The van der Waals surface area contributed by atoms with Crippen molar-refractivity contribution in [1.29, 1.82) is 0 Å². The van der Waals surface area contributed by atoms with Gasteiger partial charge in [0.05, 0.1) is 26.4 Å². The van der Waals surface area contributed by atoms with Crippen molar-refractivity contribution in [2.75, 3.05) is 40.0 Å². The molecule has 0 spiro atoms. The van der Waals surface area contributed by atoms with Crippen LogP contribution in [0.15, 0.2) is 24.3 Å². The first kappa shape index (κ1) is 16.1. The molecule has 6 nitrogen and oxygen atoms in total. The van der Waals surface area contributed by atoms with Crippen molar-refractivity contribution >= 4 is 6.03 Å². The summed E-state index contributed by atoms with van der Waals surface area (Å²) in [5.74, 6) is 0.836. The van der Waals surface area contributed by atoms with Gasteiger partial charge in [0.1, 0.15) is 5.75 Å². The van der Waals surface area contributed by atoms with Crippen molar-refractivity contribution in [1.82, 2.24) is 15.5 Å². The second kappa shape index (κ2) is 7.66. The second-order valence-electron chi connectivity index (χ2n) is 6.07. The van der Waals surface area contributed by atoms with Gasteiger partial charge in [-0.05, 0) is 30.5 Å². The van der Waals surface area contributed by atoms with E-state index in [0.29, 0.717) is 12.6 Å². The third kappa shape index (κ3) is 4.59. The van der Waals surface area contributed by atoms with Crippen LogP contribution in [0.3, 0.4) is 0 Å². The number of carbonyl (C=O) groups is 1. The maximum atomic E-state index is 11.9. The molecule has 1 atom stereocenters. The number of benzene rings is 1. The van der Waals surface area contributed by atoms with Gasteiger partial charge >= 0.3 is 6.03 Å². The minimum atomic E-state index is -0.0753. The number of morpholine rings is 1. The number of ether oxygens (including phenoxy) is 2. The molecule has 126 valence electrons. The molecule has 1 saturated carbocycles. The summed E-state index contributed by atoms with van der Waals surface area (Å²) in [6, 6.07) is 8.48. The van der Waals surface area contributed by atoms with Crippen molar-refractivity contribution in [3.05, 3.63) is 29.8 Å². The Morgan fingerprint density at radius 1 is 1.39 bits per heavy atom. The summed E-state index contributed by atoms with van der Waals surface area (Å²) < 4.78 is 10.8. The number of hydrogen-bond donors (Lipinski definition) is 2. The van der Waals surface area contributed by atoms with Crippen LogP contribution in [0.5, 0.6) is 5.75 Å². The zero-order valence-corrected chi connectivity index (χ0v) is 13.6. The molecule has 3 rings (SSSR count). The molecular formula is C17H25N3O3. The average molecular weight is 319 g/mol. The van der Waals surface area contributed by atoms with Gasteiger partial charge in [-0.15, -0.1) is 0 Å². The van der Waals surface area contributed by atoms with Crippen LogP contribution in [-0.4, -0.2) is 56.9 Å². The number of nitrogens with zero attached hydrogens (tertiary/aromatic N) is 1. The lowest BCUT2D eigenvalue weighted by Gasteiger charge is -2.35. The zero-order valence-electron chi connectivity index (χ0n) is 13.6. The minimum absolute atomic E-state index is 0.0753. The summed E-state index contributed by atoms with van der Waals surface area (Å²) in [6.45, 7) is 3.77. The third-order valence-corrected chi connectivity index (χ3v) is 4.33. The molecule has 2 aliphatic rings. The molecule has 1 aliphatic heterocycles. The van der Waals surface area contributed by atoms with E-state index in [2.05, 4.69) is 21.6 Å². The van der Waals surface area contributed by atoms with Crippen LogP contribution in [-0.2, 0) is 4.74 Å². The molecule has 0 aromatic heterocycles. The van der Waals surface area contributed by atoms with Gasteiger partial charge in [-0.2, -0.15) is 0 Å². The topological polar surface area (TPSA) is 62.8 Å². The van der Waals surface area contributed by atoms with E-state index in [-0.39, 0.29) is 12.1 Å². The molecule has 23 heavy (non-hydrogen) atoms. The quantitative estimate of drug-likeness (QED) is 0.835. The number of methoxy groups -OCH3 is 1. The Balaban J connectivity index is 1.67. The second-order valence-corrected chi connectivity index (χ2v) is 6.07. The Morgan fingerprint density at radius 3 is 2.87 bits per heavy atom. The number of urea groups is 1. The molecule has 2 amide bonds. The van der Waals surface area contributed by atoms with Crippen molar-refractivity contribution in [3.63, 3.8) is 0 Å². The van der Waals surface area contributed by atoms with Gasteiger partial charge in [0.25, 0.3) is 0 Å². The first-order valence-electron chi connectivity index (χ1n) is 8.26. The van der Waals surface area contributed by atoms with Gasteiger partial charge in [0, 0.05) is 25.7 Å². The normalized spacial score (nSPS) is 19.9. The van der Waals surface area contributed by atoms with Crippen LogP contribution in [0.1, 0.15) is 24.4 Å². The van der Waals surface area contributed by atoms with Crippen molar-refractivity contribution < 1.29 is 14.3 Å². The highest BCUT2D eigenvalue weighted by Crippen LogP contribution is 2.25. The maximum absolute atomic E-state index is 11.9. The molecule has 2 fully saturated rings. The summed E-state index contributed by atoms with van der Waals surface area (Å²) in [7, 11) is 1.67. The van der Waals surface area contributed by atoms with Gasteiger partial charge in [-0.1, -0.05) is 12.1 Å². The van der Waals surface area contributed by atoms with E-state index in [1.54, 1.807) is 7.11 Å². The van der Waals surface area contributed by atoms with Crippen LogP contribution >= 0.6 is 0 Å². The standard InChI is InChI=1S/C17H25N3O3/c1-22-15-4-2-3-13(11-15)16(20-7-9-23-10-8-20)12-18-17(21)19-14-5-6-14/h2-4,11,14,16H,5-10,12H2,1H3,(H2,18,19,21)/t16-/m1/s1. The van der Waals surface area contributed by atoms with E-state index in [9.17, 15) is 4.79 Å². The minimum Gasteiger partial charge on any atom is -0.497 e. The van der Waals surface area contributed by atoms with Gasteiger partial charge in [0.2, 0.25) is 0 Å². The molecule has 1 aromatic rings. The van der Waals surface area contributed by atoms with Crippen LogP contribution in [0.4, 0.5) is 4.79 Å². The third-order valence-electron chi connectivity index (χ3n) is 4.33. The Labute approximate surface area is 137 Å². The monoisotopic (exact) mass is 319 g/mol. The summed E-state index contributed by atoms with van der Waals surface area (Å²) in [5, 5.41) is 5.98. The number of carbonyl (C=O) groups excluding carboxylic acids is 1. The smallest absolute Gasteiger partial charge is 0.315 e. The summed E-state index contributed by atoms with van der Waals surface area (Å²) in [6.07, 6.45) is 2.19. The highest BCUT2D eigenvalue weighted by atomic mass is 16.5. The fourth-order valence-corrected chi connectivity index (χ4v) is 2.85. The first-order valence-corrected chi connectivity index (χ1v) is 8.26. The molecule has 0 bridgehead atoms. The van der Waals surface area contributed by atoms with Crippen LogP contribution in [0.25, 0.3) is 0 Å².